The van der Waals surface area contributed by atoms with Gasteiger partial charge in [0.25, 0.3) is 0 Å². The van der Waals surface area contributed by atoms with Gasteiger partial charge in [0.05, 0.1) is 158 Å². The molecule has 61 heavy (non-hydrogen) atoms. The van der Waals surface area contributed by atoms with Crippen molar-refractivity contribution in [1.82, 2.24) is 10.6 Å². The van der Waals surface area contributed by atoms with Crippen molar-refractivity contribution < 1.29 is 71.2 Å². The molecule has 1 atom stereocenters. The summed E-state index contributed by atoms with van der Waals surface area (Å²) >= 11 is 0. The number of carbonyl (C=O) groups excluding carboxylic acids is 3. The van der Waals surface area contributed by atoms with E-state index in [4.69, 9.17) is 73.6 Å². The third kappa shape index (κ3) is 47.6. The SMILES string of the molecule is [N-]=[N+]=NCCOCCOCCOCCCC(=O)CCOCC(COCCC(=O)NCCOCCOCCOCCN=[N+]=[N-])NC(=O)CCOCCOCCOCCOCCN. The van der Waals surface area contributed by atoms with E-state index in [-0.39, 0.29) is 83.0 Å². The molecule has 354 valence electrons. The molecule has 24 heteroatoms. The molecular formula is C37H71N9O15. The summed E-state index contributed by atoms with van der Waals surface area (Å²) in [7, 11) is 0. The van der Waals surface area contributed by atoms with Gasteiger partial charge in [0.2, 0.25) is 11.8 Å². The predicted molar refractivity (Wildman–Crippen MR) is 220 cm³/mol. The Morgan fingerprint density at radius 3 is 1.34 bits per heavy atom. The number of azide groups is 2. The summed E-state index contributed by atoms with van der Waals surface area (Å²) in [4.78, 5) is 42.6. The maximum Gasteiger partial charge on any atom is 0.222 e. The number of nitrogens with one attached hydrogen (secondary N) is 2. The van der Waals surface area contributed by atoms with Crippen LogP contribution in [0, 0.1) is 0 Å². The highest BCUT2D eigenvalue weighted by Crippen LogP contribution is 2.00. The summed E-state index contributed by atoms with van der Waals surface area (Å²) in [5, 5.41) is 12.4. The number of hydrogen-bond donors (Lipinski definition) is 3. The molecule has 2 amide bonds. The quantitative estimate of drug-likeness (QED) is 0.0331. The fourth-order valence-corrected chi connectivity index (χ4v) is 4.47. The number of nitrogens with zero attached hydrogens (tertiary/aromatic N) is 6. The van der Waals surface area contributed by atoms with Crippen molar-refractivity contribution in [3.05, 3.63) is 20.9 Å². The van der Waals surface area contributed by atoms with E-state index in [1.54, 1.807) is 0 Å². The molecule has 0 radical (unpaired) electrons. The van der Waals surface area contributed by atoms with Gasteiger partial charge in [-0.1, -0.05) is 10.2 Å². The lowest BCUT2D eigenvalue weighted by Crippen LogP contribution is -2.42. The highest BCUT2D eigenvalue weighted by atomic mass is 16.6. The minimum absolute atomic E-state index is 0.0303. The molecule has 0 aromatic rings. The van der Waals surface area contributed by atoms with Crippen LogP contribution in [0.15, 0.2) is 10.2 Å². The third-order valence-electron chi connectivity index (χ3n) is 7.45. The van der Waals surface area contributed by atoms with Gasteiger partial charge in [0.1, 0.15) is 5.78 Å². The van der Waals surface area contributed by atoms with Gasteiger partial charge in [-0.15, -0.1) is 0 Å². The van der Waals surface area contributed by atoms with Crippen molar-refractivity contribution in [2.45, 2.75) is 38.1 Å². The van der Waals surface area contributed by atoms with Crippen LogP contribution in [-0.2, 0) is 71.2 Å². The average molecular weight is 882 g/mol. The van der Waals surface area contributed by atoms with E-state index in [0.717, 1.165) is 0 Å². The van der Waals surface area contributed by atoms with E-state index < -0.39 is 6.04 Å². The molecule has 0 aromatic heterocycles. The molecule has 0 saturated carbocycles. The number of amides is 2. The van der Waals surface area contributed by atoms with Gasteiger partial charge in [-0.3, -0.25) is 14.4 Å². The van der Waals surface area contributed by atoms with Crippen LogP contribution in [0.5, 0.6) is 0 Å². The number of carbonyl (C=O) groups is 3. The van der Waals surface area contributed by atoms with Gasteiger partial charge in [-0.25, -0.2) is 0 Å². The number of nitrogens with two attached hydrogens (primary N) is 1. The summed E-state index contributed by atoms with van der Waals surface area (Å²) in [6, 6.07) is -0.519. The molecule has 0 saturated heterocycles. The van der Waals surface area contributed by atoms with Gasteiger partial charge in [-0.2, -0.15) is 0 Å². The molecule has 0 heterocycles. The molecule has 0 fully saturated rings. The van der Waals surface area contributed by atoms with Crippen molar-refractivity contribution >= 4 is 17.6 Å². The van der Waals surface area contributed by atoms with Gasteiger partial charge in [-0.05, 0) is 17.5 Å². The molecule has 0 aliphatic heterocycles. The highest BCUT2D eigenvalue weighted by Gasteiger charge is 2.14. The van der Waals surface area contributed by atoms with Crippen molar-refractivity contribution in [3.63, 3.8) is 0 Å². The number of Topliss-reactive ketones (excluding diaryl/α,β-unsaturated/α-hetero) is 1. The van der Waals surface area contributed by atoms with Crippen LogP contribution in [0.4, 0.5) is 0 Å². The standard InChI is InChI=1S/C37H71N9O15/c38-6-14-52-20-26-58-31-30-57-25-19-51-12-5-37(49)44-34(32-60-11-3-35(47)2-1-10-50-18-24-56-28-22-54-16-8-42-45-39)33-61-13-4-36(48)41-7-15-53-21-27-59-29-23-55-17-9-43-46-40/h34H,1-33,38H2,(H,41,48)(H,44,49). The second-order valence-corrected chi connectivity index (χ2v) is 12.5. The van der Waals surface area contributed by atoms with Gasteiger partial charge in [0, 0.05) is 68.3 Å². The molecule has 0 bridgehead atoms. The van der Waals surface area contributed by atoms with Crippen molar-refractivity contribution in [2.24, 2.45) is 16.0 Å². The third-order valence-corrected chi connectivity index (χ3v) is 7.45. The second-order valence-electron chi connectivity index (χ2n) is 12.5. The Labute approximate surface area is 358 Å². The van der Waals surface area contributed by atoms with E-state index in [0.29, 0.717) is 151 Å². The van der Waals surface area contributed by atoms with Crippen LogP contribution < -0.4 is 16.4 Å². The Morgan fingerprint density at radius 1 is 0.459 bits per heavy atom. The largest absolute Gasteiger partial charge is 0.379 e. The highest BCUT2D eigenvalue weighted by molar-refractivity contribution is 5.78. The molecule has 0 rings (SSSR count). The van der Waals surface area contributed by atoms with Crippen LogP contribution in [0.1, 0.15) is 32.1 Å². The molecule has 0 aliphatic rings. The molecule has 4 N–H and O–H groups in total. The Hall–Kier alpha value is -3.29. The lowest BCUT2D eigenvalue weighted by atomic mass is 10.2. The van der Waals surface area contributed by atoms with Crippen molar-refractivity contribution in [1.29, 1.82) is 0 Å². The zero-order valence-corrected chi connectivity index (χ0v) is 35.8. The summed E-state index contributed by atoms with van der Waals surface area (Å²) in [5.74, 6) is -0.447. The van der Waals surface area contributed by atoms with Crippen LogP contribution >= 0.6 is 0 Å². The number of ketones is 1. The van der Waals surface area contributed by atoms with Gasteiger partial charge in [0.15, 0.2) is 0 Å². The maximum atomic E-state index is 12.7. The Balaban J connectivity index is 4.28. The molecule has 0 spiro atoms. The maximum absolute atomic E-state index is 12.7. The first-order valence-electron chi connectivity index (χ1n) is 20.8. The van der Waals surface area contributed by atoms with Gasteiger partial charge < -0.3 is 73.2 Å². The van der Waals surface area contributed by atoms with Crippen LogP contribution in [0.2, 0.25) is 0 Å². The van der Waals surface area contributed by atoms with Crippen LogP contribution in [-0.4, -0.2) is 208 Å². The smallest absolute Gasteiger partial charge is 0.222 e. The fraction of sp³-hybridized carbons (Fsp3) is 0.919. The lowest BCUT2D eigenvalue weighted by Gasteiger charge is -2.19. The Bertz CT molecular complexity index is 1060. The summed E-state index contributed by atoms with van der Waals surface area (Å²) in [5.41, 5.74) is 21.8. The Morgan fingerprint density at radius 2 is 0.852 bits per heavy atom. The number of rotatable bonds is 50. The first kappa shape index (κ1) is 57.7. The number of ether oxygens (including phenoxy) is 12. The molecule has 0 aromatic carbocycles. The summed E-state index contributed by atoms with van der Waals surface area (Å²) in [6.07, 6.45) is 1.34. The molecule has 24 nitrogen and oxygen atoms in total. The first-order valence-corrected chi connectivity index (χ1v) is 20.8. The van der Waals surface area contributed by atoms with E-state index in [2.05, 4.69) is 30.7 Å². The van der Waals surface area contributed by atoms with E-state index >= 15 is 0 Å². The normalized spacial score (nSPS) is 11.5. The predicted octanol–water partition coefficient (Wildman–Crippen LogP) is 0.886. The second kappa shape index (κ2) is 49.4. The van der Waals surface area contributed by atoms with Crippen LogP contribution in [0.3, 0.4) is 0 Å². The summed E-state index contributed by atoms with van der Waals surface area (Å²) in [6.45, 7) is 9.52. The minimum atomic E-state index is -0.519. The molecular weight excluding hydrogens is 810 g/mol. The van der Waals surface area contributed by atoms with E-state index in [1.807, 2.05) is 0 Å². The lowest BCUT2D eigenvalue weighted by molar-refractivity contribution is -0.125. The van der Waals surface area contributed by atoms with Crippen LogP contribution in [0.25, 0.3) is 20.9 Å². The first-order chi connectivity index (χ1) is 30.0. The van der Waals surface area contributed by atoms with E-state index in [9.17, 15) is 14.4 Å². The number of hydrogen-bond acceptors (Lipinski definition) is 18. The van der Waals surface area contributed by atoms with Crippen molar-refractivity contribution in [2.75, 3.05) is 185 Å². The molecule has 1 unspecified atom stereocenters. The van der Waals surface area contributed by atoms with Gasteiger partial charge >= 0.3 is 0 Å². The Kier molecular flexibility index (Phi) is 46.7. The molecule has 0 aliphatic carbocycles. The zero-order chi connectivity index (χ0) is 44.4. The fourth-order valence-electron chi connectivity index (χ4n) is 4.47. The average Bonchev–Trinajstić information content (AvgIpc) is 3.25. The monoisotopic (exact) mass is 882 g/mol. The van der Waals surface area contributed by atoms with E-state index in [1.165, 1.54) is 0 Å². The zero-order valence-electron chi connectivity index (χ0n) is 35.8. The van der Waals surface area contributed by atoms with Crippen molar-refractivity contribution in [3.8, 4) is 0 Å². The summed E-state index contributed by atoms with van der Waals surface area (Å²) < 4.78 is 65.2. The minimum Gasteiger partial charge on any atom is -0.379 e. The topological polar surface area (TPSA) is 310 Å².